The average molecular weight is 297 g/mol. The highest BCUT2D eigenvalue weighted by atomic mass is 79.9. The molecule has 2 heterocycles. The van der Waals surface area contributed by atoms with Gasteiger partial charge in [-0.3, -0.25) is 14.6 Å². The number of aryl methyl sites for hydroxylation is 1. The fraction of sp³-hybridized carbons (Fsp3) is 0.200. The van der Waals surface area contributed by atoms with Gasteiger partial charge in [-0.25, -0.2) is 4.79 Å². The van der Waals surface area contributed by atoms with Crippen LogP contribution >= 0.6 is 15.9 Å². The molecule has 6 nitrogen and oxygen atoms in total. The van der Waals surface area contributed by atoms with Crippen LogP contribution in [0.25, 0.3) is 11.4 Å². The number of aromatic nitrogens is 4. The average Bonchev–Trinajstić information content (AvgIpc) is 2.67. The quantitative estimate of drug-likeness (QED) is 0.934. The van der Waals surface area contributed by atoms with Crippen LogP contribution in [-0.2, 0) is 6.54 Å². The van der Waals surface area contributed by atoms with E-state index in [0.29, 0.717) is 22.4 Å². The van der Waals surface area contributed by atoms with Crippen molar-refractivity contribution in [2.75, 3.05) is 0 Å². The Balaban J connectivity index is 2.61. The van der Waals surface area contributed by atoms with Crippen molar-refractivity contribution in [2.24, 2.45) is 0 Å². The number of aromatic carboxylic acids is 1. The van der Waals surface area contributed by atoms with Crippen LogP contribution in [-0.4, -0.2) is 30.8 Å². The molecule has 17 heavy (non-hydrogen) atoms. The van der Waals surface area contributed by atoms with Crippen molar-refractivity contribution in [2.45, 2.75) is 13.5 Å². The van der Waals surface area contributed by atoms with Crippen molar-refractivity contribution >= 4 is 21.9 Å². The van der Waals surface area contributed by atoms with Crippen LogP contribution in [0.2, 0.25) is 0 Å². The van der Waals surface area contributed by atoms with Crippen LogP contribution in [0.1, 0.15) is 17.4 Å². The van der Waals surface area contributed by atoms with Crippen molar-refractivity contribution in [1.29, 1.82) is 0 Å². The van der Waals surface area contributed by atoms with Crippen molar-refractivity contribution in [3.05, 3.63) is 28.8 Å². The molecular formula is C10H9BrN4O2. The lowest BCUT2D eigenvalue weighted by molar-refractivity contribution is 0.0682. The Morgan fingerprint density at radius 1 is 1.53 bits per heavy atom. The van der Waals surface area contributed by atoms with Crippen LogP contribution in [0.5, 0.6) is 0 Å². The van der Waals surface area contributed by atoms with Gasteiger partial charge in [0.2, 0.25) is 0 Å². The summed E-state index contributed by atoms with van der Waals surface area (Å²) in [4.78, 5) is 19.1. The van der Waals surface area contributed by atoms with Crippen LogP contribution < -0.4 is 0 Å². The largest absolute Gasteiger partial charge is 0.476 e. The van der Waals surface area contributed by atoms with Gasteiger partial charge >= 0.3 is 5.97 Å². The maximum absolute atomic E-state index is 11.1. The maximum Gasteiger partial charge on any atom is 0.355 e. The second kappa shape index (κ2) is 4.62. The molecule has 0 bridgehead atoms. The number of hydrogen-bond donors (Lipinski definition) is 1. The molecule has 0 saturated heterocycles. The van der Waals surface area contributed by atoms with E-state index in [2.05, 4.69) is 31.0 Å². The van der Waals surface area contributed by atoms with Crippen LogP contribution in [0.3, 0.4) is 0 Å². The second-order valence-electron chi connectivity index (χ2n) is 3.22. The lowest BCUT2D eigenvalue weighted by Gasteiger charge is -1.98. The van der Waals surface area contributed by atoms with E-state index in [1.165, 1.54) is 10.9 Å². The van der Waals surface area contributed by atoms with Gasteiger partial charge < -0.3 is 5.11 Å². The number of rotatable bonds is 3. The summed E-state index contributed by atoms with van der Waals surface area (Å²) in [6, 6.07) is 0. The molecule has 0 radical (unpaired) electrons. The van der Waals surface area contributed by atoms with Crippen LogP contribution in [0, 0.1) is 0 Å². The molecule has 0 atom stereocenters. The molecular weight excluding hydrogens is 288 g/mol. The van der Waals surface area contributed by atoms with Crippen molar-refractivity contribution < 1.29 is 9.90 Å². The standard InChI is InChI=1S/C10H9BrN4O2/c1-2-15-9(10(16)17)7(11)8(14-15)6-5-12-3-4-13-6/h3-5H,2H2,1H3,(H,16,17). The molecule has 2 aromatic heterocycles. The first kappa shape index (κ1) is 11.7. The summed E-state index contributed by atoms with van der Waals surface area (Å²) in [6.07, 6.45) is 4.62. The first-order chi connectivity index (χ1) is 8.15. The Labute approximate surface area is 105 Å². The summed E-state index contributed by atoms with van der Waals surface area (Å²) in [6.45, 7) is 2.30. The Morgan fingerprint density at radius 3 is 2.76 bits per heavy atom. The van der Waals surface area contributed by atoms with E-state index in [1.54, 1.807) is 12.4 Å². The fourth-order valence-corrected chi connectivity index (χ4v) is 2.11. The minimum atomic E-state index is -1.03. The number of hydrogen-bond acceptors (Lipinski definition) is 4. The predicted molar refractivity (Wildman–Crippen MR) is 63.6 cm³/mol. The highest BCUT2D eigenvalue weighted by Crippen LogP contribution is 2.28. The minimum absolute atomic E-state index is 0.119. The monoisotopic (exact) mass is 296 g/mol. The molecule has 1 N–H and O–H groups in total. The molecule has 0 saturated carbocycles. The van der Waals surface area contributed by atoms with Crippen LogP contribution in [0.4, 0.5) is 0 Å². The molecule has 2 rings (SSSR count). The summed E-state index contributed by atoms with van der Waals surface area (Å²) < 4.78 is 1.84. The lowest BCUT2D eigenvalue weighted by Crippen LogP contribution is -2.08. The molecule has 0 aromatic carbocycles. The van der Waals surface area contributed by atoms with Gasteiger partial charge in [0, 0.05) is 18.9 Å². The molecule has 0 aliphatic heterocycles. The molecule has 0 aliphatic carbocycles. The SMILES string of the molecule is CCn1nc(-c2cnccn2)c(Br)c1C(=O)O. The summed E-state index contributed by atoms with van der Waals surface area (Å²) in [5.41, 5.74) is 1.14. The van der Waals surface area contributed by atoms with E-state index >= 15 is 0 Å². The Hall–Kier alpha value is -1.76. The van der Waals surface area contributed by atoms with Gasteiger partial charge in [-0.2, -0.15) is 5.10 Å². The molecule has 88 valence electrons. The second-order valence-corrected chi connectivity index (χ2v) is 4.02. The Bertz CT molecular complexity index is 553. The van der Waals surface area contributed by atoms with E-state index in [4.69, 9.17) is 5.11 Å². The van der Waals surface area contributed by atoms with E-state index in [9.17, 15) is 4.79 Å². The third-order valence-electron chi connectivity index (χ3n) is 2.20. The van der Waals surface area contributed by atoms with E-state index in [-0.39, 0.29) is 5.69 Å². The molecule has 0 spiro atoms. The molecule has 2 aromatic rings. The van der Waals surface area contributed by atoms with E-state index in [0.717, 1.165) is 0 Å². The number of nitrogens with zero attached hydrogens (tertiary/aromatic N) is 4. The first-order valence-corrected chi connectivity index (χ1v) is 5.70. The van der Waals surface area contributed by atoms with Gasteiger partial charge in [0.05, 0.1) is 10.7 Å². The highest BCUT2D eigenvalue weighted by molar-refractivity contribution is 9.10. The Morgan fingerprint density at radius 2 is 2.29 bits per heavy atom. The zero-order valence-corrected chi connectivity index (χ0v) is 10.5. The maximum atomic E-state index is 11.1. The van der Waals surface area contributed by atoms with Gasteiger partial charge in [0.25, 0.3) is 0 Å². The number of carboxylic acids is 1. The Kier molecular flexibility index (Phi) is 3.19. The van der Waals surface area contributed by atoms with Gasteiger partial charge in [-0.05, 0) is 22.9 Å². The molecule has 0 amide bonds. The van der Waals surface area contributed by atoms with Gasteiger partial charge in [-0.1, -0.05) is 0 Å². The minimum Gasteiger partial charge on any atom is -0.476 e. The van der Waals surface area contributed by atoms with Gasteiger partial charge in [-0.15, -0.1) is 0 Å². The topological polar surface area (TPSA) is 80.9 Å². The summed E-state index contributed by atoms with van der Waals surface area (Å²) in [7, 11) is 0. The first-order valence-electron chi connectivity index (χ1n) is 4.91. The molecule has 0 unspecified atom stereocenters. The van der Waals surface area contributed by atoms with Crippen molar-refractivity contribution in [3.8, 4) is 11.4 Å². The lowest BCUT2D eigenvalue weighted by atomic mass is 10.3. The third-order valence-corrected chi connectivity index (χ3v) is 2.95. The smallest absolute Gasteiger partial charge is 0.355 e. The van der Waals surface area contributed by atoms with Gasteiger partial charge in [0.15, 0.2) is 5.69 Å². The summed E-state index contributed by atoms with van der Waals surface area (Å²) in [5, 5.41) is 13.3. The predicted octanol–water partition coefficient (Wildman–Crippen LogP) is 1.82. The van der Waals surface area contributed by atoms with E-state index in [1.807, 2.05) is 6.92 Å². The third kappa shape index (κ3) is 2.05. The number of carboxylic acid groups (broad SMARTS) is 1. The van der Waals surface area contributed by atoms with Crippen molar-refractivity contribution in [3.63, 3.8) is 0 Å². The highest BCUT2D eigenvalue weighted by Gasteiger charge is 2.22. The zero-order chi connectivity index (χ0) is 12.4. The van der Waals surface area contributed by atoms with E-state index < -0.39 is 5.97 Å². The summed E-state index contributed by atoms with van der Waals surface area (Å²) >= 11 is 3.25. The molecule has 7 heteroatoms. The normalized spacial score (nSPS) is 10.5. The number of halogens is 1. The number of carbonyl (C=O) groups is 1. The fourth-order valence-electron chi connectivity index (χ4n) is 1.46. The molecule has 0 aliphatic rings. The summed E-state index contributed by atoms with van der Waals surface area (Å²) in [5.74, 6) is -1.03. The van der Waals surface area contributed by atoms with Gasteiger partial charge in [0.1, 0.15) is 11.4 Å². The van der Waals surface area contributed by atoms with Crippen LogP contribution in [0.15, 0.2) is 23.1 Å². The zero-order valence-electron chi connectivity index (χ0n) is 8.96. The van der Waals surface area contributed by atoms with Crippen molar-refractivity contribution in [1.82, 2.24) is 19.7 Å². The molecule has 0 fully saturated rings.